The van der Waals surface area contributed by atoms with Gasteiger partial charge in [0.25, 0.3) is 0 Å². The van der Waals surface area contributed by atoms with Gasteiger partial charge in [0.05, 0.1) is 12.0 Å². The Hall–Kier alpha value is -2.21. The zero-order chi connectivity index (χ0) is 15.4. The minimum Gasteiger partial charge on any atom is -0.339 e. The van der Waals surface area contributed by atoms with E-state index in [4.69, 9.17) is 0 Å². The lowest BCUT2D eigenvalue weighted by Gasteiger charge is -2.34. The lowest BCUT2D eigenvalue weighted by Crippen LogP contribution is -2.49. The molecule has 0 aliphatic carbocycles. The number of imidazole rings is 1. The molecule has 0 radical (unpaired) electrons. The van der Waals surface area contributed by atoms with Crippen molar-refractivity contribution in [3.05, 3.63) is 48.3 Å². The van der Waals surface area contributed by atoms with E-state index in [0.29, 0.717) is 6.54 Å². The Balaban J connectivity index is 1.50. The standard InChI is InChI=1S/C16H21N5O/c1-14-3-2-4-18-15(14)11-19-7-9-21(10-8-19)16(22)12-20-6-5-17-13-20/h2-6,13H,7-12H2,1H3. The van der Waals surface area contributed by atoms with Crippen molar-refractivity contribution in [2.75, 3.05) is 26.2 Å². The van der Waals surface area contributed by atoms with E-state index >= 15 is 0 Å². The molecule has 22 heavy (non-hydrogen) atoms. The Morgan fingerprint density at radius 1 is 1.23 bits per heavy atom. The second-order valence-electron chi connectivity index (χ2n) is 5.66. The predicted molar refractivity (Wildman–Crippen MR) is 83.1 cm³/mol. The molecule has 1 saturated heterocycles. The third-order valence-electron chi connectivity index (χ3n) is 4.09. The summed E-state index contributed by atoms with van der Waals surface area (Å²) in [5, 5.41) is 0. The van der Waals surface area contributed by atoms with E-state index in [9.17, 15) is 4.79 Å². The minimum absolute atomic E-state index is 0.159. The van der Waals surface area contributed by atoms with Crippen molar-refractivity contribution in [3.63, 3.8) is 0 Å². The second-order valence-corrected chi connectivity index (χ2v) is 5.66. The first-order valence-corrected chi connectivity index (χ1v) is 7.59. The number of rotatable bonds is 4. The molecule has 0 spiro atoms. The third-order valence-corrected chi connectivity index (χ3v) is 4.09. The zero-order valence-corrected chi connectivity index (χ0v) is 12.9. The normalized spacial score (nSPS) is 16.0. The van der Waals surface area contributed by atoms with Gasteiger partial charge in [0.1, 0.15) is 6.54 Å². The number of pyridine rings is 1. The number of hydrogen-bond acceptors (Lipinski definition) is 4. The van der Waals surface area contributed by atoms with Gasteiger partial charge in [-0.3, -0.25) is 14.7 Å². The van der Waals surface area contributed by atoms with Crippen molar-refractivity contribution in [2.45, 2.75) is 20.0 Å². The topological polar surface area (TPSA) is 54.3 Å². The molecule has 6 heteroatoms. The summed E-state index contributed by atoms with van der Waals surface area (Å²) in [5.74, 6) is 0.159. The highest BCUT2D eigenvalue weighted by molar-refractivity contribution is 5.76. The number of aromatic nitrogens is 3. The number of amides is 1. The Bertz CT molecular complexity index is 617. The minimum atomic E-state index is 0.159. The van der Waals surface area contributed by atoms with Gasteiger partial charge in [-0.05, 0) is 18.6 Å². The van der Waals surface area contributed by atoms with Crippen LogP contribution in [0.4, 0.5) is 0 Å². The molecule has 0 aromatic carbocycles. The molecular weight excluding hydrogens is 278 g/mol. The van der Waals surface area contributed by atoms with Crippen LogP contribution in [-0.2, 0) is 17.9 Å². The van der Waals surface area contributed by atoms with Crippen LogP contribution in [0.1, 0.15) is 11.3 Å². The highest BCUT2D eigenvalue weighted by atomic mass is 16.2. The predicted octanol–water partition coefficient (Wildman–Crippen LogP) is 0.931. The fourth-order valence-electron chi connectivity index (χ4n) is 2.69. The monoisotopic (exact) mass is 299 g/mol. The molecule has 0 atom stereocenters. The van der Waals surface area contributed by atoms with Crippen molar-refractivity contribution in [2.24, 2.45) is 0 Å². The van der Waals surface area contributed by atoms with Gasteiger partial charge in [0, 0.05) is 51.3 Å². The summed E-state index contributed by atoms with van der Waals surface area (Å²) < 4.78 is 1.81. The van der Waals surface area contributed by atoms with E-state index < -0.39 is 0 Å². The summed E-state index contributed by atoms with van der Waals surface area (Å²) in [7, 11) is 0. The average molecular weight is 299 g/mol. The molecule has 1 amide bonds. The van der Waals surface area contributed by atoms with Crippen molar-refractivity contribution in [1.82, 2.24) is 24.3 Å². The lowest BCUT2D eigenvalue weighted by molar-refractivity contribution is -0.133. The van der Waals surface area contributed by atoms with E-state index in [0.717, 1.165) is 38.4 Å². The lowest BCUT2D eigenvalue weighted by atomic mass is 10.2. The third kappa shape index (κ3) is 3.51. The Morgan fingerprint density at radius 3 is 2.73 bits per heavy atom. The maximum atomic E-state index is 12.2. The first kappa shape index (κ1) is 14.7. The molecule has 6 nitrogen and oxygen atoms in total. The van der Waals surface area contributed by atoms with Gasteiger partial charge in [-0.2, -0.15) is 0 Å². The Kier molecular flexibility index (Phi) is 4.48. The number of nitrogens with zero attached hydrogens (tertiary/aromatic N) is 5. The number of piperazine rings is 1. The summed E-state index contributed by atoms with van der Waals surface area (Å²) in [6, 6.07) is 4.05. The summed E-state index contributed by atoms with van der Waals surface area (Å²) in [5.41, 5.74) is 2.35. The van der Waals surface area contributed by atoms with Gasteiger partial charge in [-0.25, -0.2) is 4.98 Å². The molecule has 0 N–H and O–H groups in total. The fraction of sp³-hybridized carbons (Fsp3) is 0.438. The van der Waals surface area contributed by atoms with Crippen LogP contribution in [0.3, 0.4) is 0 Å². The molecular formula is C16H21N5O. The van der Waals surface area contributed by atoms with Crippen molar-refractivity contribution in [3.8, 4) is 0 Å². The quantitative estimate of drug-likeness (QED) is 0.843. The van der Waals surface area contributed by atoms with Crippen LogP contribution in [0.2, 0.25) is 0 Å². The van der Waals surface area contributed by atoms with Gasteiger partial charge in [0.2, 0.25) is 5.91 Å². The number of carbonyl (C=O) groups excluding carboxylic acids is 1. The van der Waals surface area contributed by atoms with Crippen molar-refractivity contribution < 1.29 is 4.79 Å². The molecule has 1 aliphatic heterocycles. The van der Waals surface area contributed by atoms with Crippen LogP contribution in [0, 0.1) is 6.92 Å². The van der Waals surface area contributed by atoms with Crippen LogP contribution >= 0.6 is 0 Å². The van der Waals surface area contributed by atoms with Gasteiger partial charge < -0.3 is 9.47 Å². The first-order valence-electron chi connectivity index (χ1n) is 7.59. The largest absolute Gasteiger partial charge is 0.339 e. The molecule has 2 aromatic heterocycles. The van der Waals surface area contributed by atoms with E-state index in [1.165, 1.54) is 5.56 Å². The summed E-state index contributed by atoms with van der Waals surface area (Å²) in [6.45, 7) is 6.67. The molecule has 2 aromatic rings. The Morgan fingerprint density at radius 2 is 2.05 bits per heavy atom. The van der Waals surface area contributed by atoms with E-state index in [2.05, 4.69) is 27.9 Å². The smallest absolute Gasteiger partial charge is 0.242 e. The number of hydrogen-bond donors (Lipinski definition) is 0. The zero-order valence-electron chi connectivity index (χ0n) is 12.9. The highest BCUT2D eigenvalue weighted by Crippen LogP contribution is 2.10. The van der Waals surface area contributed by atoms with E-state index in [-0.39, 0.29) is 5.91 Å². The summed E-state index contributed by atoms with van der Waals surface area (Å²) in [4.78, 5) is 24.9. The molecule has 1 fully saturated rings. The van der Waals surface area contributed by atoms with E-state index in [1.807, 2.05) is 27.9 Å². The average Bonchev–Trinajstić information content (AvgIpc) is 3.03. The maximum Gasteiger partial charge on any atom is 0.242 e. The summed E-state index contributed by atoms with van der Waals surface area (Å²) in [6.07, 6.45) is 7.03. The van der Waals surface area contributed by atoms with Crippen molar-refractivity contribution in [1.29, 1.82) is 0 Å². The van der Waals surface area contributed by atoms with E-state index in [1.54, 1.807) is 12.5 Å². The Labute approximate surface area is 130 Å². The first-order chi connectivity index (χ1) is 10.7. The van der Waals surface area contributed by atoms with Gasteiger partial charge in [-0.15, -0.1) is 0 Å². The van der Waals surface area contributed by atoms with Gasteiger partial charge in [-0.1, -0.05) is 6.07 Å². The molecule has 1 aliphatic rings. The SMILES string of the molecule is Cc1cccnc1CN1CCN(C(=O)Cn2ccnc2)CC1. The van der Waals surface area contributed by atoms with Crippen LogP contribution in [-0.4, -0.2) is 56.4 Å². The van der Waals surface area contributed by atoms with Crippen LogP contribution in [0.25, 0.3) is 0 Å². The van der Waals surface area contributed by atoms with Crippen LogP contribution in [0.15, 0.2) is 37.1 Å². The van der Waals surface area contributed by atoms with Gasteiger partial charge in [0.15, 0.2) is 0 Å². The number of aryl methyl sites for hydroxylation is 1. The second kappa shape index (κ2) is 6.70. The summed E-state index contributed by atoms with van der Waals surface area (Å²) >= 11 is 0. The molecule has 3 heterocycles. The van der Waals surface area contributed by atoms with Gasteiger partial charge >= 0.3 is 0 Å². The maximum absolute atomic E-state index is 12.2. The van der Waals surface area contributed by atoms with Crippen molar-refractivity contribution >= 4 is 5.91 Å². The molecule has 116 valence electrons. The van der Waals surface area contributed by atoms with Crippen LogP contribution < -0.4 is 0 Å². The number of carbonyl (C=O) groups is 1. The van der Waals surface area contributed by atoms with Crippen LogP contribution in [0.5, 0.6) is 0 Å². The highest BCUT2D eigenvalue weighted by Gasteiger charge is 2.21. The fourth-order valence-corrected chi connectivity index (χ4v) is 2.69. The molecule has 0 saturated carbocycles. The molecule has 3 rings (SSSR count). The molecule has 0 bridgehead atoms. The molecule has 0 unspecified atom stereocenters.